The van der Waals surface area contributed by atoms with E-state index in [4.69, 9.17) is 25.4 Å². The third-order valence-electron chi connectivity index (χ3n) is 10.6. The van der Waals surface area contributed by atoms with E-state index < -0.39 is 53.6 Å². The molecule has 2 aromatic heterocycles. The van der Waals surface area contributed by atoms with Crippen LogP contribution in [0.2, 0.25) is 0 Å². The van der Waals surface area contributed by atoms with Crippen LogP contribution >= 0.6 is 11.3 Å². The number of ether oxygens (including phenoxy) is 3. The van der Waals surface area contributed by atoms with Crippen LogP contribution in [0.5, 0.6) is 11.5 Å². The van der Waals surface area contributed by atoms with Crippen LogP contribution in [0.15, 0.2) is 118 Å². The lowest BCUT2D eigenvalue weighted by Crippen LogP contribution is -2.37. The summed E-state index contributed by atoms with van der Waals surface area (Å²) in [4.78, 5) is 73.0. The van der Waals surface area contributed by atoms with Gasteiger partial charge in [-0.3, -0.25) is 38.8 Å². The maximum absolute atomic E-state index is 15.0. The number of amides is 3. The summed E-state index contributed by atoms with van der Waals surface area (Å²) in [5.41, 5.74) is 7.18. The molecule has 8 rings (SSSR count). The Bertz CT molecular complexity index is 3220. The second-order valence-corrected chi connectivity index (χ2v) is 15.7. The topological polar surface area (TPSA) is 208 Å². The van der Waals surface area contributed by atoms with Crippen LogP contribution in [-0.4, -0.2) is 66.0 Å². The zero-order chi connectivity index (χ0) is 47.9. The van der Waals surface area contributed by atoms with Gasteiger partial charge in [-0.2, -0.15) is 0 Å². The lowest BCUT2D eigenvalue weighted by Gasteiger charge is -2.22. The molecule has 0 bridgehead atoms. The number of carbonyl (C=O) groups excluding carboxylic acids is 4. The zero-order valence-corrected chi connectivity index (χ0v) is 37.8. The first kappa shape index (κ1) is 46.6. The molecule has 15 nitrogen and oxygen atoms in total. The maximum Gasteiger partial charge on any atom is 0.307 e. The summed E-state index contributed by atoms with van der Waals surface area (Å²) in [6.07, 6.45) is 4.32. The van der Waals surface area contributed by atoms with Gasteiger partial charge in [0.25, 0.3) is 23.3 Å². The van der Waals surface area contributed by atoms with Gasteiger partial charge in [-0.15, -0.1) is 11.3 Å². The number of hydrogen-bond donors (Lipinski definition) is 4. The number of nitrogens with zero attached hydrogens (tertiary/aromatic N) is 3. The SMILES string of the molecule is CC.COc1cc2sc3c(c2cc1OC)C(=O)N(CCC(=O)OCc1cc(C#Cc2cccc4cc(C(C)NC(=O)/C(C(=N)N)=C5\N=CC=CN5)n(-c5ccccc5)c(=O)c24)ccc1F)C3=O. The molecule has 17 heteroatoms. The highest BCUT2D eigenvalue weighted by Crippen LogP contribution is 2.42. The Morgan fingerprint density at radius 3 is 2.40 bits per heavy atom. The Labute approximate surface area is 387 Å². The second-order valence-electron chi connectivity index (χ2n) is 14.7. The summed E-state index contributed by atoms with van der Waals surface area (Å²) >= 11 is 1.15. The van der Waals surface area contributed by atoms with Gasteiger partial charge >= 0.3 is 5.97 Å². The fraction of sp³-hybridized carbons (Fsp3) is 0.180. The van der Waals surface area contributed by atoms with Crippen molar-refractivity contribution >= 4 is 67.9 Å². The van der Waals surface area contributed by atoms with E-state index in [1.165, 1.54) is 43.2 Å². The molecule has 4 heterocycles. The molecule has 1 atom stereocenters. The molecule has 0 aliphatic carbocycles. The van der Waals surface area contributed by atoms with Gasteiger partial charge in [0.1, 0.15) is 34.5 Å². The molecule has 1 unspecified atom stereocenters. The van der Waals surface area contributed by atoms with Gasteiger partial charge in [0, 0.05) is 63.2 Å². The monoisotopic (exact) mass is 921 g/mol. The number of pyridine rings is 1. The van der Waals surface area contributed by atoms with Gasteiger partial charge in [0.2, 0.25) is 0 Å². The van der Waals surface area contributed by atoms with Gasteiger partial charge in [-0.1, -0.05) is 56.0 Å². The Hall–Kier alpha value is -8.36. The van der Waals surface area contributed by atoms with Gasteiger partial charge in [-0.25, -0.2) is 9.38 Å². The van der Waals surface area contributed by atoms with Gasteiger partial charge in [-0.05, 0) is 66.9 Å². The summed E-state index contributed by atoms with van der Waals surface area (Å²) in [6.45, 7) is 5.02. The van der Waals surface area contributed by atoms with Crippen molar-refractivity contribution in [3.8, 4) is 29.0 Å². The van der Waals surface area contributed by atoms with Crippen LogP contribution in [0.1, 0.15) is 75.6 Å². The summed E-state index contributed by atoms with van der Waals surface area (Å²) in [7, 11) is 2.96. The third kappa shape index (κ3) is 9.42. The van der Waals surface area contributed by atoms with E-state index in [1.54, 1.807) is 79.9 Å². The number of thiophene rings is 1. The molecule has 3 amide bonds. The molecular weight excluding hydrogens is 878 g/mol. The summed E-state index contributed by atoms with van der Waals surface area (Å²) in [6, 6.07) is 22.5. The predicted octanol–water partition coefficient (Wildman–Crippen LogP) is 7.03. The van der Waals surface area contributed by atoms with E-state index in [0.717, 1.165) is 16.2 Å². The van der Waals surface area contributed by atoms with Crippen molar-refractivity contribution < 1.29 is 37.8 Å². The number of allylic oxidation sites excluding steroid dienone is 1. The number of benzene rings is 4. The van der Waals surface area contributed by atoms with Crippen LogP contribution in [0.3, 0.4) is 0 Å². The first-order chi connectivity index (χ1) is 32.4. The number of methoxy groups -OCH3 is 2. The van der Waals surface area contributed by atoms with E-state index in [2.05, 4.69) is 27.5 Å². The number of nitrogens with two attached hydrogens (primary N) is 1. The Morgan fingerprint density at radius 1 is 0.955 bits per heavy atom. The zero-order valence-electron chi connectivity index (χ0n) is 37.0. The summed E-state index contributed by atoms with van der Waals surface area (Å²) in [5, 5.41) is 15.1. The smallest absolute Gasteiger partial charge is 0.307 e. The highest BCUT2D eigenvalue weighted by Gasteiger charge is 2.39. The van der Waals surface area contributed by atoms with Gasteiger partial charge in [0.15, 0.2) is 11.5 Å². The molecular formula is C50H44FN7O8S. The Morgan fingerprint density at radius 2 is 1.70 bits per heavy atom. The van der Waals surface area contributed by atoms with E-state index in [-0.39, 0.29) is 40.4 Å². The Kier molecular flexibility index (Phi) is 14.1. The predicted molar refractivity (Wildman–Crippen MR) is 254 cm³/mol. The number of aromatic nitrogens is 1. The molecule has 0 saturated heterocycles. The van der Waals surface area contributed by atoms with E-state index in [9.17, 15) is 24.0 Å². The van der Waals surface area contributed by atoms with Crippen molar-refractivity contribution in [3.05, 3.63) is 158 Å². The molecule has 6 aromatic rings. The molecule has 67 heavy (non-hydrogen) atoms. The van der Waals surface area contributed by atoms with Gasteiger partial charge in [0.05, 0.1) is 37.6 Å². The van der Waals surface area contributed by atoms with Crippen LogP contribution in [0.4, 0.5) is 4.39 Å². The molecule has 340 valence electrons. The van der Waals surface area contributed by atoms with Crippen molar-refractivity contribution in [2.45, 2.75) is 39.8 Å². The number of hydrogen-bond acceptors (Lipinski definition) is 12. The normalized spacial score (nSPS) is 13.7. The Balaban J connectivity index is 0.00000329. The fourth-order valence-corrected chi connectivity index (χ4v) is 8.64. The van der Waals surface area contributed by atoms with Crippen molar-refractivity contribution in [2.75, 3.05) is 20.8 Å². The molecule has 2 aliphatic rings. The number of para-hydroxylation sites is 1. The average molecular weight is 922 g/mol. The van der Waals surface area contributed by atoms with Crippen molar-refractivity contribution in [1.82, 2.24) is 20.1 Å². The van der Waals surface area contributed by atoms with Crippen LogP contribution in [0, 0.1) is 23.1 Å². The number of amidine groups is 1. The molecule has 0 radical (unpaired) electrons. The molecule has 0 fully saturated rings. The quantitative estimate of drug-likeness (QED) is 0.0246. The van der Waals surface area contributed by atoms with Crippen molar-refractivity contribution in [3.63, 3.8) is 0 Å². The van der Waals surface area contributed by atoms with Crippen LogP contribution < -0.4 is 31.4 Å². The number of nitrogens with one attached hydrogen (secondary N) is 3. The number of esters is 1. The van der Waals surface area contributed by atoms with Crippen molar-refractivity contribution in [2.24, 2.45) is 10.7 Å². The maximum atomic E-state index is 15.0. The standard InChI is InChI=1S/C48H38FN7O8S.C2H6/c1-26(54-45(58)41(43(50)51)44-52-18-8-19-53-44)34-22-29-10-7-9-28(39(29)47(60)56(34)31-11-5-4-6-12-31)15-13-27-14-16-33(49)30(21-27)25-64-38(57)17-20-55-46(59)40-32-23-35(62-2)36(63-3)24-37(32)65-42(40)48(55)61;1-2/h4-12,14,16,18-19,21-24,26,52H,17,20,25H2,1-3H3,(H3,50,51)(H,54,58);1-2H3/b44-41-;. The van der Waals surface area contributed by atoms with Crippen LogP contribution in [0.25, 0.3) is 26.5 Å². The number of imide groups is 1. The summed E-state index contributed by atoms with van der Waals surface area (Å²) in [5.74, 6) is 3.37. The van der Waals surface area contributed by atoms with E-state index in [1.807, 2.05) is 19.9 Å². The first-order valence-electron chi connectivity index (χ1n) is 21.0. The second kappa shape index (κ2) is 20.2. The molecule has 5 N–H and O–H groups in total. The highest BCUT2D eigenvalue weighted by molar-refractivity contribution is 7.21. The molecule has 4 aromatic carbocycles. The molecule has 0 saturated carbocycles. The number of halogens is 1. The minimum absolute atomic E-state index is 0.0349. The lowest BCUT2D eigenvalue weighted by atomic mass is 10.0. The minimum Gasteiger partial charge on any atom is -0.493 e. The number of carbonyl (C=O) groups is 4. The molecule has 0 spiro atoms. The number of rotatable bonds is 12. The number of fused-ring (bicyclic) bond motifs is 4. The number of aliphatic imine (C=N–C) groups is 1. The average Bonchev–Trinajstić information content (AvgIpc) is 3.82. The van der Waals surface area contributed by atoms with E-state index in [0.29, 0.717) is 54.9 Å². The first-order valence-corrected chi connectivity index (χ1v) is 21.8. The lowest BCUT2D eigenvalue weighted by molar-refractivity contribution is -0.145. The van der Waals surface area contributed by atoms with Crippen LogP contribution in [-0.2, 0) is 20.9 Å². The minimum atomic E-state index is -0.768. The summed E-state index contributed by atoms with van der Waals surface area (Å²) < 4.78 is 33.3. The fourth-order valence-electron chi connectivity index (χ4n) is 7.49. The highest BCUT2D eigenvalue weighted by atomic mass is 32.1. The third-order valence-corrected chi connectivity index (χ3v) is 11.8. The van der Waals surface area contributed by atoms with Gasteiger partial charge < -0.3 is 30.6 Å². The van der Waals surface area contributed by atoms with E-state index >= 15 is 4.39 Å². The van der Waals surface area contributed by atoms with Crippen molar-refractivity contribution in [1.29, 1.82) is 5.41 Å². The largest absolute Gasteiger partial charge is 0.493 e. The molecule has 2 aliphatic heterocycles.